The number of hydrogen-bond donors (Lipinski definition) is 2. The molecule has 3 rings (SSSR count). The van der Waals surface area contributed by atoms with Crippen LogP contribution in [-0.4, -0.2) is 18.0 Å². The van der Waals surface area contributed by atoms with Gasteiger partial charge in [0.25, 0.3) is 0 Å². The predicted molar refractivity (Wildman–Crippen MR) is 96.6 cm³/mol. The van der Waals surface area contributed by atoms with E-state index in [-0.39, 0.29) is 5.91 Å². The van der Waals surface area contributed by atoms with Gasteiger partial charge < -0.3 is 19.8 Å². The highest BCUT2D eigenvalue weighted by Crippen LogP contribution is 2.25. The zero-order valence-corrected chi connectivity index (χ0v) is 14.1. The first kappa shape index (κ1) is 16.6. The molecule has 0 aliphatic heterocycles. The number of carbonyl (C=O) groups is 1. The average molecular weight is 337 g/mol. The number of nitrogens with zero attached hydrogens (tertiary/aromatic N) is 1. The zero-order chi connectivity index (χ0) is 17.6. The van der Waals surface area contributed by atoms with Crippen LogP contribution in [0.25, 0.3) is 11.3 Å². The van der Waals surface area contributed by atoms with Crippen molar-refractivity contribution in [2.45, 2.75) is 13.5 Å². The van der Waals surface area contributed by atoms with E-state index in [1.165, 1.54) is 6.92 Å². The lowest BCUT2D eigenvalue weighted by Crippen LogP contribution is -2.06. The monoisotopic (exact) mass is 337 g/mol. The second-order valence-corrected chi connectivity index (χ2v) is 5.47. The standard InChI is InChI=1S/C19H19N3O3/c1-13(23)22-16-7-4-6-15(10-16)20-12-19-21-11-18(25-19)14-5-3-8-17(9-14)24-2/h3-11,20H,12H2,1-2H3,(H,22,23). The van der Waals surface area contributed by atoms with Crippen molar-refractivity contribution in [2.75, 3.05) is 17.7 Å². The second-order valence-electron chi connectivity index (χ2n) is 5.47. The first-order chi connectivity index (χ1) is 12.1. The number of rotatable bonds is 6. The molecule has 0 bridgehead atoms. The number of methoxy groups -OCH3 is 1. The lowest BCUT2D eigenvalue weighted by molar-refractivity contribution is -0.114. The van der Waals surface area contributed by atoms with Crippen LogP contribution in [0.5, 0.6) is 5.75 Å². The highest BCUT2D eigenvalue weighted by molar-refractivity contribution is 5.89. The molecule has 0 radical (unpaired) electrons. The molecule has 0 spiro atoms. The van der Waals surface area contributed by atoms with Crippen molar-refractivity contribution in [3.05, 3.63) is 60.6 Å². The molecule has 1 amide bonds. The molecule has 0 fully saturated rings. The summed E-state index contributed by atoms with van der Waals surface area (Å²) in [5.74, 6) is 1.92. The number of carbonyl (C=O) groups excluding carboxylic acids is 1. The lowest BCUT2D eigenvalue weighted by atomic mass is 10.2. The summed E-state index contributed by atoms with van der Waals surface area (Å²) in [5.41, 5.74) is 2.51. The van der Waals surface area contributed by atoms with Crippen molar-refractivity contribution in [1.82, 2.24) is 4.98 Å². The number of hydrogen-bond acceptors (Lipinski definition) is 5. The maximum absolute atomic E-state index is 11.1. The van der Waals surface area contributed by atoms with Crippen molar-refractivity contribution in [3.8, 4) is 17.1 Å². The quantitative estimate of drug-likeness (QED) is 0.713. The van der Waals surface area contributed by atoms with E-state index in [0.29, 0.717) is 18.2 Å². The van der Waals surface area contributed by atoms with Gasteiger partial charge in [0, 0.05) is 23.9 Å². The van der Waals surface area contributed by atoms with Gasteiger partial charge >= 0.3 is 0 Å². The summed E-state index contributed by atoms with van der Waals surface area (Å²) in [5, 5.41) is 5.98. The third kappa shape index (κ3) is 4.38. The summed E-state index contributed by atoms with van der Waals surface area (Å²) in [7, 11) is 1.63. The minimum atomic E-state index is -0.104. The van der Waals surface area contributed by atoms with Crippen LogP contribution < -0.4 is 15.4 Å². The number of benzene rings is 2. The van der Waals surface area contributed by atoms with E-state index in [1.54, 1.807) is 13.3 Å². The summed E-state index contributed by atoms with van der Waals surface area (Å²) in [6.45, 7) is 1.92. The fourth-order valence-electron chi connectivity index (χ4n) is 2.39. The fraction of sp³-hybridized carbons (Fsp3) is 0.158. The third-order valence-corrected chi connectivity index (χ3v) is 3.53. The van der Waals surface area contributed by atoms with Crippen LogP contribution in [-0.2, 0) is 11.3 Å². The molecule has 1 heterocycles. The summed E-state index contributed by atoms with van der Waals surface area (Å²) in [4.78, 5) is 15.4. The molecule has 0 atom stereocenters. The summed E-state index contributed by atoms with van der Waals surface area (Å²) >= 11 is 0. The van der Waals surface area contributed by atoms with E-state index in [9.17, 15) is 4.79 Å². The van der Waals surface area contributed by atoms with Gasteiger partial charge in [0.05, 0.1) is 19.9 Å². The SMILES string of the molecule is COc1cccc(-c2cnc(CNc3cccc(NC(C)=O)c3)o2)c1. The maximum Gasteiger partial charge on any atom is 0.221 e. The van der Waals surface area contributed by atoms with E-state index < -0.39 is 0 Å². The van der Waals surface area contributed by atoms with E-state index in [1.807, 2.05) is 48.5 Å². The molecule has 128 valence electrons. The van der Waals surface area contributed by atoms with Gasteiger partial charge in [0.2, 0.25) is 11.8 Å². The fourth-order valence-corrected chi connectivity index (χ4v) is 2.39. The molecule has 6 nitrogen and oxygen atoms in total. The summed E-state index contributed by atoms with van der Waals surface area (Å²) in [6.07, 6.45) is 1.69. The molecular weight excluding hydrogens is 318 g/mol. The number of ether oxygens (including phenoxy) is 1. The number of anilines is 2. The van der Waals surface area contributed by atoms with Crippen LogP contribution in [0.15, 0.2) is 59.1 Å². The molecule has 0 saturated heterocycles. The van der Waals surface area contributed by atoms with E-state index in [0.717, 1.165) is 22.7 Å². The Bertz CT molecular complexity index is 874. The molecular formula is C19H19N3O3. The Hall–Kier alpha value is -3.28. The molecule has 1 aromatic heterocycles. The molecule has 2 N–H and O–H groups in total. The molecule has 0 aliphatic carbocycles. The van der Waals surface area contributed by atoms with E-state index in [2.05, 4.69) is 15.6 Å². The Morgan fingerprint density at radius 3 is 2.76 bits per heavy atom. The number of oxazole rings is 1. The number of nitrogens with one attached hydrogen (secondary N) is 2. The molecule has 25 heavy (non-hydrogen) atoms. The maximum atomic E-state index is 11.1. The molecule has 0 aliphatic rings. The summed E-state index contributed by atoms with van der Waals surface area (Å²) in [6, 6.07) is 15.1. The van der Waals surface area contributed by atoms with Crippen LogP contribution in [0.2, 0.25) is 0 Å². The molecule has 6 heteroatoms. The first-order valence-electron chi connectivity index (χ1n) is 7.85. The Morgan fingerprint density at radius 2 is 1.96 bits per heavy atom. The van der Waals surface area contributed by atoms with Crippen LogP contribution >= 0.6 is 0 Å². The highest BCUT2D eigenvalue weighted by Gasteiger charge is 2.07. The first-order valence-corrected chi connectivity index (χ1v) is 7.85. The van der Waals surface area contributed by atoms with Crippen LogP contribution in [0, 0.1) is 0 Å². The highest BCUT2D eigenvalue weighted by atomic mass is 16.5. The second kappa shape index (κ2) is 7.53. The largest absolute Gasteiger partial charge is 0.497 e. The van der Waals surface area contributed by atoms with Crippen LogP contribution in [0.4, 0.5) is 11.4 Å². The van der Waals surface area contributed by atoms with Gasteiger partial charge in [0.15, 0.2) is 5.76 Å². The van der Waals surface area contributed by atoms with E-state index in [4.69, 9.17) is 9.15 Å². The normalized spacial score (nSPS) is 10.3. The Labute approximate surface area is 145 Å². The third-order valence-electron chi connectivity index (χ3n) is 3.53. The van der Waals surface area contributed by atoms with Gasteiger partial charge in [-0.05, 0) is 30.3 Å². The average Bonchev–Trinajstić information content (AvgIpc) is 3.09. The smallest absolute Gasteiger partial charge is 0.221 e. The lowest BCUT2D eigenvalue weighted by Gasteiger charge is -2.07. The topological polar surface area (TPSA) is 76.4 Å². The van der Waals surface area contributed by atoms with Crippen molar-refractivity contribution in [2.24, 2.45) is 0 Å². The molecule has 3 aromatic rings. The number of amides is 1. The van der Waals surface area contributed by atoms with Gasteiger partial charge in [-0.2, -0.15) is 0 Å². The van der Waals surface area contributed by atoms with Gasteiger partial charge in [-0.15, -0.1) is 0 Å². The Kier molecular flexibility index (Phi) is 4.99. The number of aromatic nitrogens is 1. The summed E-state index contributed by atoms with van der Waals surface area (Å²) < 4.78 is 11.0. The van der Waals surface area contributed by atoms with Gasteiger partial charge in [0.1, 0.15) is 5.75 Å². The van der Waals surface area contributed by atoms with E-state index >= 15 is 0 Å². The molecule has 0 saturated carbocycles. The van der Waals surface area contributed by atoms with Crippen molar-refractivity contribution in [1.29, 1.82) is 0 Å². The van der Waals surface area contributed by atoms with Gasteiger partial charge in [-0.1, -0.05) is 18.2 Å². The minimum Gasteiger partial charge on any atom is -0.497 e. The zero-order valence-electron chi connectivity index (χ0n) is 14.1. The van der Waals surface area contributed by atoms with Crippen LogP contribution in [0.1, 0.15) is 12.8 Å². The minimum absolute atomic E-state index is 0.104. The van der Waals surface area contributed by atoms with Gasteiger partial charge in [-0.3, -0.25) is 4.79 Å². The van der Waals surface area contributed by atoms with Gasteiger partial charge in [-0.25, -0.2) is 4.98 Å². The van der Waals surface area contributed by atoms with Crippen molar-refractivity contribution >= 4 is 17.3 Å². The van der Waals surface area contributed by atoms with Crippen molar-refractivity contribution < 1.29 is 13.9 Å². The Morgan fingerprint density at radius 1 is 1.16 bits per heavy atom. The van der Waals surface area contributed by atoms with Crippen molar-refractivity contribution in [3.63, 3.8) is 0 Å². The van der Waals surface area contributed by atoms with Crippen LogP contribution in [0.3, 0.4) is 0 Å². The molecule has 0 unspecified atom stereocenters. The predicted octanol–water partition coefficient (Wildman–Crippen LogP) is 3.92. The molecule has 2 aromatic carbocycles. The Balaban J connectivity index is 1.66.